The summed E-state index contributed by atoms with van der Waals surface area (Å²) >= 11 is 0. The molecule has 1 fully saturated rings. The van der Waals surface area contributed by atoms with Crippen LogP contribution in [0.2, 0.25) is 0 Å². The van der Waals surface area contributed by atoms with Gasteiger partial charge in [0.2, 0.25) is 5.82 Å². The first-order chi connectivity index (χ1) is 12.2. The summed E-state index contributed by atoms with van der Waals surface area (Å²) in [6, 6.07) is 0. The molecule has 144 valence electrons. The molecule has 1 aliphatic heterocycles. The van der Waals surface area contributed by atoms with E-state index in [0.29, 0.717) is 6.42 Å². The van der Waals surface area contributed by atoms with Crippen LogP contribution in [-0.4, -0.2) is 39.9 Å². The Morgan fingerprint density at radius 3 is 2.58 bits per heavy atom. The Morgan fingerprint density at radius 2 is 2.00 bits per heavy atom. The van der Waals surface area contributed by atoms with Gasteiger partial charge in [0, 0.05) is 26.8 Å². The van der Waals surface area contributed by atoms with Crippen molar-refractivity contribution in [3.05, 3.63) is 32.9 Å². The molecule has 0 amide bonds. The van der Waals surface area contributed by atoms with Gasteiger partial charge in [-0.1, -0.05) is 6.92 Å². The topological polar surface area (TPSA) is 106 Å². The second kappa shape index (κ2) is 8.26. The molecular formula is C16H21FN2O7. The Morgan fingerprint density at radius 1 is 1.31 bits per heavy atom. The number of rotatable bonds is 6. The van der Waals surface area contributed by atoms with E-state index in [1.807, 2.05) is 0 Å². The van der Waals surface area contributed by atoms with Crippen molar-refractivity contribution in [3.63, 3.8) is 0 Å². The summed E-state index contributed by atoms with van der Waals surface area (Å²) < 4.78 is 31.4. The van der Waals surface area contributed by atoms with Crippen LogP contribution >= 0.6 is 0 Å². The monoisotopic (exact) mass is 372 g/mol. The number of carbonyl (C=O) groups excluding carboxylic acids is 2. The van der Waals surface area contributed by atoms with E-state index in [-0.39, 0.29) is 19.6 Å². The maximum Gasteiger partial charge on any atom is 0.333 e. The zero-order valence-corrected chi connectivity index (χ0v) is 14.8. The van der Waals surface area contributed by atoms with E-state index >= 15 is 0 Å². The maximum atomic E-state index is 14.0. The predicted molar refractivity (Wildman–Crippen MR) is 85.9 cm³/mol. The number of ether oxygens (including phenoxy) is 3. The molecule has 0 unspecified atom stereocenters. The van der Waals surface area contributed by atoms with Gasteiger partial charge in [0.15, 0.2) is 0 Å². The summed E-state index contributed by atoms with van der Waals surface area (Å²) in [4.78, 5) is 46.6. The van der Waals surface area contributed by atoms with Gasteiger partial charge in [-0.05, 0) is 6.42 Å². The molecule has 26 heavy (non-hydrogen) atoms. The van der Waals surface area contributed by atoms with E-state index in [0.717, 1.165) is 15.3 Å². The second-order valence-electron chi connectivity index (χ2n) is 5.94. The minimum atomic E-state index is -1.09. The average molecular weight is 372 g/mol. The second-order valence-corrected chi connectivity index (χ2v) is 5.94. The highest BCUT2D eigenvalue weighted by Gasteiger charge is 2.40. The Labute approximate surface area is 148 Å². The first-order valence-electron chi connectivity index (χ1n) is 8.22. The van der Waals surface area contributed by atoms with Crippen LogP contribution in [0.4, 0.5) is 4.39 Å². The van der Waals surface area contributed by atoms with E-state index in [4.69, 9.17) is 14.2 Å². The van der Waals surface area contributed by atoms with Crippen LogP contribution in [0.15, 0.2) is 15.8 Å². The number of aromatic nitrogens is 2. The van der Waals surface area contributed by atoms with Crippen LogP contribution in [0.25, 0.3) is 0 Å². The third-order valence-corrected chi connectivity index (χ3v) is 3.86. The van der Waals surface area contributed by atoms with E-state index < -0.39 is 47.4 Å². The zero-order chi connectivity index (χ0) is 19.4. The Bertz CT molecular complexity index is 801. The van der Waals surface area contributed by atoms with Gasteiger partial charge in [-0.25, -0.2) is 4.79 Å². The fourth-order valence-electron chi connectivity index (χ4n) is 2.77. The Kier molecular flexibility index (Phi) is 6.30. The number of hydrogen-bond donors (Lipinski definition) is 0. The van der Waals surface area contributed by atoms with Gasteiger partial charge in [-0.3, -0.25) is 23.5 Å². The van der Waals surface area contributed by atoms with Crippen LogP contribution < -0.4 is 11.2 Å². The molecule has 0 aliphatic carbocycles. The van der Waals surface area contributed by atoms with Gasteiger partial charge in [-0.15, -0.1) is 0 Å². The molecule has 1 aromatic rings. The Hall–Kier alpha value is -2.49. The van der Waals surface area contributed by atoms with Gasteiger partial charge < -0.3 is 14.2 Å². The number of nitrogens with zero attached hydrogens (tertiary/aromatic N) is 2. The standard InChI is InChI=1S/C16H21FN2O7/c1-4-5-18-15(22)11(17)7-19(16(18)23)14-6-12(25-10(3)21)13(26-14)8-24-9(2)20/h7,12-14H,4-6,8H2,1-3H3/t12-,13+,14+/m0/s1. The van der Waals surface area contributed by atoms with Crippen molar-refractivity contribution in [2.45, 2.75) is 58.6 Å². The lowest BCUT2D eigenvalue weighted by Crippen LogP contribution is -2.42. The highest BCUT2D eigenvalue weighted by Crippen LogP contribution is 2.30. The fourth-order valence-corrected chi connectivity index (χ4v) is 2.77. The maximum absolute atomic E-state index is 14.0. The van der Waals surface area contributed by atoms with Crippen molar-refractivity contribution in [1.82, 2.24) is 9.13 Å². The lowest BCUT2D eigenvalue weighted by molar-refractivity contribution is -0.155. The molecule has 1 saturated heterocycles. The van der Waals surface area contributed by atoms with Crippen LogP contribution in [0, 0.1) is 5.82 Å². The van der Waals surface area contributed by atoms with E-state index in [2.05, 4.69) is 0 Å². The molecule has 0 N–H and O–H groups in total. The van der Waals surface area contributed by atoms with E-state index in [1.54, 1.807) is 6.92 Å². The lowest BCUT2D eigenvalue weighted by atomic mass is 10.2. The predicted octanol–water partition coefficient (Wildman–Crippen LogP) is 0.341. The lowest BCUT2D eigenvalue weighted by Gasteiger charge is -2.18. The molecule has 2 rings (SSSR count). The van der Waals surface area contributed by atoms with Crippen molar-refractivity contribution in [3.8, 4) is 0 Å². The van der Waals surface area contributed by atoms with Crippen molar-refractivity contribution in [2.24, 2.45) is 0 Å². The van der Waals surface area contributed by atoms with E-state index in [1.165, 1.54) is 13.8 Å². The van der Waals surface area contributed by atoms with Gasteiger partial charge in [0.25, 0.3) is 5.56 Å². The van der Waals surface area contributed by atoms with Crippen molar-refractivity contribution in [2.75, 3.05) is 6.61 Å². The van der Waals surface area contributed by atoms with Gasteiger partial charge in [-0.2, -0.15) is 4.39 Å². The molecule has 1 aliphatic rings. The van der Waals surface area contributed by atoms with Gasteiger partial charge in [0.05, 0.1) is 6.20 Å². The largest absolute Gasteiger partial charge is 0.463 e. The molecule has 10 heteroatoms. The van der Waals surface area contributed by atoms with Crippen LogP contribution in [0.5, 0.6) is 0 Å². The van der Waals surface area contributed by atoms with Gasteiger partial charge >= 0.3 is 17.6 Å². The minimum absolute atomic E-state index is 0.0508. The van der Waals surface area contributed by atoms with Crippen molar-refractivity contribution in [1.29, 1.82) is 0 Å². The first kappa shape index (κ1) is 19.8. The van der Waals surface area contributed by atoms with Crippen LogP contribution in [-0.2, 0) is 30.3 Å². The van der Waals surface area contributed by atoms with Crippen molar-refractivity contribution >= 4 is 11.9 Å². The van der Waals surface area contributed by atoms with Gasteiger partial charge in [0.1, 0.15) is 25.0 Å². The SMILES string of the molecule is CCCn1c(=O)c(F)cn([C@H]2C[C@H](OC(C)=O)[C@@H](COC(C)=O)O2)c1=O. The van der Waals surface area contributed by atoms with E-state index in [9.17, 15) is 23.6 Å². The normalized spacial score (nSPS) is 22.2. The third kappa shape index (κ3) is 4.37. The summed E-state index contributed by atoms with van der Waals surface area (Å²) in [7, 11) is 0. The molecule has 0 radical (unpaired) electrons. The molecule has 2 heterocycles. The summed E-state index contributed by atoms with van der Waals surface area (Å²) in [5.74, 6) is -2.20. The highest BCUT2D eigenvalue weighted by molar-refractivity contribution is 5.66. The molecule has 1 aromatic heterocycles. The number of carbonyl (C=O) groups is 2. The zero-order valence-electron chi connectivity index (χ0n) is 14.8. The fraction of sp³-hybridized carbons (Fsp3) is 0.625. The quantitative estimate of drug-likeness (QED) is 0.663. The number of halogens is 1. The minimum Gasteiger partial charge on any atom is -0.463 e. The first-order valence-corrected chi connectivity index (χ1v) is 8.22. The molecule has 0 spiro atoms. The molecular weight excluding hydrogens is 351 g/mol. The third-order valence-electron chi connectivity index (χ3n) is 3.86. The molecule has 3 atom stereocenters. The smallest absolute Gasteiger partial charge is 0.333 e. The molecule has 0 aromatic carbocycles. The molecule has 9 nitrogen and oxygen atoms in total. The van der Waals surface area contributed by atoms with Crippen LogP contribution in [0.1, 0.15) is 39.8 Å². The molecule has 0 saturated carbocycles. The highest BCUT2D eigenvalue weighted by atomic mass is 19.1. The molecule has 0 bridgehead atoms. The average Bonchev–Trinajstić information content (AvgIpc) is 2.94. The Balaban J connectivity index is 2.33. The van der Waals surface area contributed by atoms with Crippen molar-refractivity contribution < 1.29 is 28.2 Å². The summed E-state index contributed by atoms with van der Waals surface area (Å²) in [6.45, 7) is 4.05. The number of hydrogen-bond acceptors (Lipinski definition) is 7. The summed E-state index contributed by atoms with van der Waals surface area (Å²) in [5.41, 5.74) is -1.72. The summed E-state index contributed by atoms with van der Waals surface area (Å²) in [6.07, 6.45) is -1.26. The summed E-state index contributed by atoms with van der Waals surface area (Å²) in [5, 5.41) is 0. The number of esters is 2. The van der Waals surface area contributed by atoms with Crippen LogP contribution in [0.3, 0.4) is 0 Å².